The van der Waals surface area contributed by atoms with Gasteiger partial charge in [0.05, 0.1) is 11.2 Å². The van der Waals surface area contributed by atoms with E-state index in [1.54, 1.807) is 18.2 Å². The highest BCUT2D eigenvalue weighted by molar-refractivity contribution is 5.82. The molecule has 0 spiro atoms. The number of para-hydroxylation sites is 3. The summed E-state index contributed by atoms with van der Waals surface area (Å²) in [4.78, 5) is 3.18. The second kappa shape index (κ2) is 5.83. The molecule has 3 aromatic rings. The largest absolute Gasteiger partial charge is 0.433 e. The number of hydrogen-bond donors (Lipinski definition) is 2. The van der Waals surface area contributed by atoms with Crippen LogP contribution >= 0.6 is 0 Å². The summed E-state index contributed by atoms with van der Waals surface area (Å²) in [5.41, 5.74) is 2.64. The Balaban J connectivity index is 1.80. The lowest BCUT2D eigenvalue weighted by Gasteiger charge is -2.13. The first kappa shape index (κ1) is 13.4. The Morgan fingerprint density at radius 2 is 1.90 bits per heavy atom. The zero-order valence-electron chi connectivity index (χ0n) is 11.1. The predicted octanol–water partition coefficient (Wildman–Crippen LogP) is 4.38. The lowest BCUT2D eigenvalue weighted by molar-refractivity contribution is -0.0493. The van der Waals surface area contributed by atoms with Gasteiger partial charge in [-0.05, 0) is 29.1 Å². The number of aromatic nitrogens is 1. The molecule has 0 bridgehead atoms. The summed E-state index contributed by atoms with van der Waals surface area (Å²) in [7, 11) is 0. The molecular weight excluding hydrogens is 274 g/mol. The molecule has 0 aliphatic rings. The van der Waals surface area contributed by atoms with E-state index >= 15 is 0 Å². The second-order valence-corrected chi connectivity index (χ2v) is 4.59. The van der Waals surface area contributed by atoms with Gasteiger partial charge in [-0.25, -0.2) is 0 Å². The molecule has 0 aliphatic heterocycles. The van der Waals surface area contributed by atoms with Crippen molar-refractivity contribution in [2.75, 3.05) is 5.32 Å². The van der Waals surface area contributed by atoms with E-state index < -0.39 is 6.61 Å². The fourth-order valence-corrected chi connectivity index (χ4v) is 2.30. The first-order valence-electron chi connectivity index (χ1n) is 6.57. The van der Waals surface area contributed by atoms with Gasteiger partial charge in [-0.15, -0.1) is 0 Å². The van der Waals surface area contributed by atoms with Crippen LogP contribution in [-0.2, 0) is 6.54 Å². The Labute approximate surface area is 120 Å². The maximum absolute atomic E-state index is 12.4. The number of anilines is 1. The Morgan fingerprint density at radius 1 is 1.05 bits per heavy atom. The van der Waals surface area contributed by atoms with Crippen LogP contribution in [0.3, 0.4) is 0 Å². The van der Waals surface area contributed by atoms with Crippen LogP contribution in [0.25, 0.3) is 10.9 Å². The summed E-state index contributed by atoms with van der Waals surface area (Å²) in [5.74, 6) is 0.145. The van der Waals surface area contributed by atoms with Gasteiger partial charge in [-0.2, -0.15) is 8.78 Å². The standard InChI is InChI=1S/C16H14F2N2O/c17-16(18)21-14-7-2-1-6-13(14)20-10-12-5-3-4-11-8-9-19-15(11)12/h1-9,16,19-20H,10H2. The highest BCUT2D eigenvalue weighted by Gasteiger charge is 2.09. The predicted molar refractivity (Wildman–Crippen MR) is 78.7 cm³/mol. The molecule has 0 unspecified atom stereocenters. The Morgan fingerprint density at radius 3 is 2.76 bits per heavy atom. The van der Waals surface area contributed by atoms with Gasteiger partial charge in [-0.3, -0.25) is 0 Å². The fraction of sp³-hybridized carbons (Fsp3) is 0.125. The summed E-state index contributed by atoms with van der Waals surface area (Å²) in [5, 5.41) is 4.26. The van der Waals surface area contributed by atoms with Crippen LogP contribution < -0.4 is 10.1 Å². The lowest BCUT2D eigenvalue weighted by Crippen LogP contribution is -2.06. The molecule has 1 heterocycles. The van der Waals surface area contributed by atoms with E-state index in [1.807, 2.05) is 30.5 Å². The lowest BCUT2D eigenvalue weighted by atomic mass is 10.1. The van der Waals surface area contributed by atoms with Gasteiger partial charge in [-0.1, -0.05) is 30.3 Å². The van der Waals surface area contributed by atoms with Gasteiger partial charge in [0.1, 0.15) is 5.75 Å². The van der Waals surface area contributed by atoms with Gasteiger partial charge in [0.15, 0.2) is 0 Å². The number of ether oxygens (including phenoxy) is 1. The number of nitrogens with one attached hydrogen (secondary N) is 2. The molecule has 21 heavy (non-hydrogen) atoms. The Bertz CT molecular complexity index is 740. The Kier molecular flexibility index (Phi) is 3.73. The van der Waals surface area contributed by atoms with Crippen molar-refractivity contribution in [2.24, 2.45) is 0 Å². The molecule has 0 aliphatic carbocycles. The number of alkyl halides is 2. The van der Waals surface area contributed by atoms with Gasteiger partial charge in [0, 0.05) is 12.7 Å². The van der Waals surface area contributed by atoms with Gasteiger partial charge in [0.25, 0.3) is 0 Å². The van der Waals surface area contributed by atoms with E-state index in [4.69, 9.17) is 0 Å². The van der Waals surface area contributed by atoms with E-state index in [-0.39, 0.29) is 5.75 Å². The molecule has 3 nitrogen and oxygen atoms in total. The number of halogens is 2. The number of benzene rings is 2. The highest BCUT2D eigenvalue weighted by Crippen LogP contribution is 2.26. The minimum absolute atomic E-state index is 0.145. The van der Waals surface area contributed by atoms with Crippen LogP contribution in [0, 0.1) is 0 Å². The smallest absolute Gasteiger partial charge is 0.387 e. The summed E-state index contributed by atoms with van der Waals surface area (Å²) >= 11 is 0. The second-order valence-electron chi connectivity index (χ2n) is 4.59. The zero-order valence-corrected chi connectivity index (χ0v) is 11.1. The van der Waals surface area contributed by atoms with Crippen molar-refractivity contribution < 1.29 is 13.5 Å². The molecule has 108 valence electrons. The first-order valence-corrected chi connectivity index (χ1v) is 6.57. The maximum Gasteiger partial charge on any atom is 0.387 e. The number of rotatable bonds is 5. The molecule has 0 amide bonds. The molecule has 0 atom stereocenters. The third-order valence-electron chi connectivity index (χ3n) is 3.25. The number of aromatic amines is 1. The molecule has 0 saturated carbocycles. The van der Waals surface area contributed by atoms with Crippen LogP contribution in [-0.4, -0.2) is 11.6 Å². The van der Waals surface area contributed by atoms with Gasteiger partial charge < -0.3 is 15.0 Å². The molecule has 2 N–H and O–H groups in total. The van der Waals surface area contributed by atoms with Crippen molar-refractivity contribution in [3.05, 3.63) is 60.3 Å². The number of H-pyrrole nitrogens is 1. The van der Waals surface area contributed by atoms with E-state index in [0.29, 0.717) is 12.2 Å². The van der Waals surface area contributed by atoms with Crippen LogP contribution in [0.15, 0.2) is 54.7 Å². The molecule has 3 rings (SSSR count). The van der Waals surface area contributed by atoms with Gasteiger partial charge in [0.2, 0.25) is 0 Å². The molecule has 0 radical (unpaired) electrons. The summed E-state index contributed by atoms with van der Waals surface area (Å²) in [6.07, 6.45) is 1.88. The van der Waals surface area contributed by atoms with Gasteiger partial charge >= 0.3 is 6.61 Å². The zero-order chi connectivity index (χ0) is 14.7. The van der Waals surface area contributed by atoms with E-state index in [1.165, 1.54) is 6.07 Å². The van der Waals surface area contributed by atoms with Crippen molar-refractivity contribution in [1.29, 1.82) is 0 Å². The molecule has 0 fully saturated rings. The molecule has 5 heteroatoms. The third kappa shape index (κ3) is 2.97. The average Bonchev–Trinajstić information content (AvgIpc) is 2.95. The fourth-order valence-electron chi connectivity index (χ4n) is 2.30. The third-order valence-corrected chi connectivity index (χ3v) is 3.25. The van der Waals surface area contributed by atoms with Crippen LogP contribution in [0.1, 0.15) is 5.56 Å². The van der Waals surface area contributed by atoms with Crippen LogP contribution in [0.2, 0.25) is 0 Å². The van der Waals surface area contributed by atoms with E-state index in [2.05, 4.69) is 15.0 Å². The Hall–Kier alpha value is -2.56. The topological polar surface area (TPSA) is 37.0 Å². The SMILES string of the molecule is FC(F)Oc1ccccc1NCc1cccc2cc[nH]c12. The number of hydrogen-bond acceptors (Lipinski definition) is 2. The minimum atomic E-state index is -2.83. The monoisotopic (exact) mass is 288 g/mol. The van der Waals surface area contributed by atoms with Crippen molar-refractivity contribution >= 4 is 16.6 Å². The molecule has 2 aromatic carbocycles. The van der Waals surface area contributed by atoms with E-state index in [9.17, 15) is 8.78 Å². The van der Waals surface area contributed by atoms with Crippen molar-refractivity contribution in [3.63, 3.8) is 0 Å². The number of fused-ring (bicyclic) bond motifs is 1. The quantitative estimate of drug-likeness (QED) is 0.731. The molecular formula is C16H14F2N2O. The van der Waals surface area contributed by atoms with Crippen molar-refractivity contribution in [3.8, 4) is 5.75 Å². The summed E-state index contributed by atoms with van der Waals surface area (Å²) < 4.78 is 29.3. The molecule has 1 aromatic heterocycles. The first-order chi connectivity index (χ1) is 10.2. The van der Waals surface area contributed by atoms with Crippen molar-refractivity contribution in [2.45, 2.75) is 13.2 Å². The van der Waals surface area contributed by atoms with Crippen LogP contribution in [0.5, 0.6) is 5.75 Å². The maximum atomic E-state index is 12.4. The summed E-state index contributed by atoms with van der Waals surface area (Å²) in [6.45, 7) is -2.32. The minimum Gasteiger partial charge on any atom is -0.433 e. The molecule has 0 saturated heterocycles. The highest BCUT2D eigenvalue weighted by atomic mass is 19.3. The van der Waals surface area contributed by atoms with E-state index in [0.717, 1.165) is 16.5 Å². The normalized spacial score (nSPS) is 11.0. The summed E-state index contributed by atoms with van der Waals surface area (Å²) in [6, 6.07) is 14.6. The van der Waals surface area contributed by atoms with Crippen molar-refractivity contribution in [1.82, 2.24) is 4.98 Å². The van der Waals surface area contributed by atoms with Crippen LogP contribution in [0.4, 0.5) is 14.5 Å². The average molecular weight is 288 g/mol.